The van der Waals surface area contributed by atoms with Crippen LogP contribution in [0.4, 0.5) is 4.79 Å². The van der Waals surface area contributed by atoms with Gasteiger partial charge in [0.05, 0.1) is 23.1 Å². The molecule has 0 atom stereocenters. The standard InChI is InChI=1S/C18H20BrN3O4S/c1-18(2,3)26-17(23)21(4)11-14-9-16(19)22(12-14)27(24,25)15-7-5-13(10-20)6-8-15/h5-9,12H,11H2,1-4H3. The molecule has 1 aromatic heterocycles. The van der Waals surface area contributed by atoms with Gasteiger partial charge in [-0.1, -0.05) is 0 Å². The molecule has 2 rings (SSSR count). The summed E-state index contributed by atoms with van der Waals surface area (Å²) in [6.07, 6.45) is 0.944. The molecule has 0 spiro atoms. The monoisotopic (exact) mass is 453 g/mol. The van der Waals surface area contributed by atoms with Crippen molar-refractivity contribution < 1.29 is 17.9 Å². The number of amides is 1. The molecule has 144 valence electrons. The predicted molar refractivity (Wildman–Crippen MR) is 104 cm³/mol. The van der Waals surface area contributed by atoms with Gasteiger partial charge in [0.25, 0.3) is 10.0 Å². The molecule has 0 aliphatic heterocycles. The maximum Gasteiger partial charge on any atom is 0.410 e. The average Bonchev–Trinajstić information content (AvgIpc) is 2.94. The molecule has 0 radical (unpaired) electrons. The van der Waals surface area contributed by atoms with Crippen molar-refractivity contribution in [3.63, 3.8) is 0 Å². The van der Waals surface area contributed by atoms with Gasteiger partial charge in [-0.3, -0.25) is 0 Å². The van der Waals surface area contributed by atoms with E-state index in [1.165, 1.54) is 35.4 Å². The van der Waals surface area contributed by atoms with Crippen molar-refractivity contribution in [2.75, 3.05) is 7.05 Å². The third-order valence-electron chi connectivity index (χ3n) is 3.46. The summed E-state index contributed by atoms with van der Waals surface area (Å²) in [6, 6.07) is 9.23. The Balaban J connectivity index is 2.25. The molecule has 1 aromatic carbocycles. The molecule has 9 heteroatoms. The first-order chi connectivity index (χ1) is 12.4. The maximum absolute atomic E-state index is 12.8. The molecule has 0 aliphatic carbocycles. The molecule has 0 unspecified atom stereocenters. The van der Waals surface area contributed by atoms with E-state index in [1.807, 2.05) is 6.07 Å². The summed E-state index contributed by atoms with van der Waals surface area (Å²) < 4.78 is 32.4. The van der Waals surface area contributed by atoms with Crippen molar-refractivity contribution >= 4 is 32.0 Å². The SMILES string of the molecule is CN(Cc1cc(Br)n(S(=O)(=O)c2ccc(C#N)cc2)c1)C(=O)OC(C)(C)C. The summed E-state index contributed by atoms with van der Waals surface area (Å²) in [7, 11) is -2.26. The fourth-order valence-corrected chi connectivity index (χ4v) is 4.46. The van der Waals surface area contributed by atoms with Crippen LogP contribution in [0.3, 0.4) is 0 Å². The minimum Gasteiger partial charge on any atom is -0.444 e. The summed E-state index contributed by atoms with van der Waals surface area (Å²) in [6.45, 7) is 5.51. The van der Waals surface area contributed by atoms with E-state index in [-0.39, 0.29) is 11.4 Å². The highest BCUT2D eigenvalue weighted by atomic mass is 79.9. The molecule has 27 heavy (non-hydrogen) atoms. The second kappa shape index (κ2) is 7.74. The fourth-order valence-electron chi connectivity index (χ4n) is 2.23. The van der Waals surface area contributed by atoms with Gasteiger partial charge in [-0.15, -0.1) is 0 Å². The van der Waals surface area contributed by atoms with Gasteiger partial charge in [0.1, 0.15) is 10.2 Å². The van der Waals surface area contributed by atoms with Gasteiger partial charge in [-0.25, -0.2) is 17.2 Å². The Hall–Kier alpha value is -2.31. The van der Waals surface area contributed by atoms with Crippen LogP contribution in [-0.2, 0) is 21.3 Å². The third-order valence-corrected chi connectivity index (χ3v) is 6.00. The Morgan fingerprint density at radius 3 is 2.41 bits per heavy atom. The highest BCUT2D eigenvalue weighted by Gasteiger charge is 2.23. The number of halogens is 1. The lowest BCUT2D eigenvalue weighted by molar-refractivity contribution is 0.0285. The summed E-state index contributed by atoms with van der Waals surface area (Å²) in [4.78, 5) is 13.5. The van der Waals surface area contributed by atoms with E-state index in [0.717, 1.165) is 3.97 Å². The quantitative estimate of drug-likeness (QED) is 0.702. The highest BCUT2D eigenvalue weighted by Crippen LogP contribution is 2.24. The lowest BCUT2D eigenvalue weighted by atomic mass is 10.2. The van der Waals surface area contributed by atoms with Crippen molar-refractivity contribution in [3.8, 4) is 6.07 Å². The molecule has 2 aromatic rings. The molecular weight excluding hydrogens is 434 g/mol. The Kier molecular flexibility index (Phi) is 6.02. The van der Waals surface area contributed by atoms with Crippen molar-refractivity contribution in [2.45, 2.75) is 37.8 Å². The third kappa shape index (κ3) is 5.11. The topological polar surface area (TPSA) is 92.4 Å². The zero-order valence-corrected chi connectivity index (χ0v) is 17.8. The zero-order chi connectivity index (χ0) is 20.4. The average molecular weight is 454 g/mol. The van der Waals surface area contributed by atoms with Crippen LogP contribution >= 0.6 is 15.9 Å². The molecule has 0 saturated carbocycles. The van der Waals surface area contributed by atoms with E-state index < -0.39 is 21.7 Å². The van der Waals surface area contributed by atoms with Crippen LogP contribution in [0, 0.1) is 11.3 Å². The molecule has 1 heterocycles. The first kappa shape index (κ1) is 21.0. The van der Waals surface area contributed by atoms with Crippen molar-refractivity contribution in [2.24, 2.45) is 0 Å². The van der Waals surface area contributed by atoms with Crippen LogP contribution in [-0.4, -0.2) is 36.0 Å². The van der Waals surface area contributed by atoms with Crippen LogP contribution < -0.4 is 0 Å². The van der Waals surface area contributed by atoms with Gasteiger partial charge in [-0.2, -0.15) is 5.26 Å². The smallest absolute Gasteiger partial charge is 0.410 e. The number of rotatable bonds is 4. The normalized spacial score (nSPS) is 11.7. The van der Waals surface area contributed by atoms with E-state index in [2.05, 4.69) is 15.9 Å². The molecule has 0 N–H and O–H groups in total. The minimum atomic E-state index is -3.83. The second-order valence-corrected chi connectivity index (χ2v) is 9.57. The van der Waals surface area contributed by atoms with Crippen LogP contribution in [0.2, 0.25) is 0 Å². The van der Waals surface area contributed by atoms with E-state index in [4.69, 9.17) is 10.00 Å². The summed E-state index contributed by atoms with van der Waals surface area (Å²) in [5, 5.41) is 8.84. The number of ether oxygens (including phenoxy) is 1. The van der Waals surface area contributed by atoms with Gasteiger partial charge < -0.3 is 9.64 Å². The van der Waals surface area contributed by atoms with E-state index in [9.17, 15) is 13.2 Å². The number of nitriles is 1. The van der Waals surface area contributed by atoms with E-state index in [0.29, 0.717) is 15.7 Å². The number of nitrogens with zero attached hydrogens (tertiary/aromatic N) is 3. The van der Waals surface area contributed by atoms with E-state index >= 15 is 0 Å². The number of carbonyl (C=O) groups excluding carboxylic acids is 1. The summed E-state index contributed by atoms with van der Waals surface area (Å²) >= 11 is 3.25. The van der Waals surface area contributed by atoms with E-state index in [1.54, 1.807) is 33.9 Å². The Labute approximate surface area is 167 Å². The predicted octanol–water partition coefficient (Wildman–Crippen LogP) is 3.73. The Bertz CT molecular complexity index is 983. The maximum atomic E-state index is 12.8. The fraction of sp³-hybridized carbons (Fsp3) is 0.333. The van der Waals surface area contributed by atoms with Gasteiger partial charge >= 0.3 is 6.09 Å². The van der Waals surface area contributed by atoms with Crippen LogP contribution in [0.25, 0.3) is 0 Å². The van der Waals surface area contributed by atoms with Gasteiger partial charge in [0.15, 0.2) is 0 Å². The van der Waals surface area contributed by atoms with Crippen molar-refractivity contribution in [3.05, 3.63) is 52.3 Å². The largest absolute Gasteiger partial charge is 0.444 e. The zero-order valence-electron chi connectivity index (χ0n) is 15.4. The first-order valence-corrected chi connectivity index (χ1v) is 10.2. The van der Waals surface area contributed by atoms with Gasteiger partial charge in [-0.05, 0) is 72.6 Å². The number of carbonyl (C=O) groups is 1. The van der Waals surface area contributed by atoms with Crippen LogP contribution in [0.5, 0.6) is 0 Å². The molecule has 0 saturated heterocycles. The molecule has 1 amide bonds. The Morgan fingerprint density at radius 2 is 1.89 bits per heavy atom. The first-order valence-electron chi connectivity index (χ1n) is 8.00. The second-order valence-electron chi connectivity index (χ2n) is 6.94. The van der Waals surface area contributed by atoms with Gasteiger partial charge in [0.2, 0.25) is 0 Å². The van der Waals surface area contributed by atoms with Crippen LogP contribution in [0.1, 0.15) is 31.9 Å². The number of aromatic nitrogens is 1. The van der Waals surface area contributed by atoms with Crippen LogP contribution in [0.15, 0.2) is 46.0 Å². The lowest BCUT2D eigenvalue weighted by Gasteiger charge is -2.24. The number of benzene rings is 1. The number of hydrogen-bond acceptors (Lipinski definition) is 5. The van der Waals surface area contributed by atoms with Gasteiger partial charge in [0, 0.05) is 13.2 Å². The molecular formula is C18H20BrN3O4S. The number of hydrogen-bond donors (Lipinski definition) is 0. The molecule has 0 aliphatic rings. The van der Waals surface area contributed by atoms with Crippen molar-refractivity contribution in [1.82, 2.24) is 8.87 Å². The summed E-state index contributed by atoms with van der Waals surface area (Å²) in [5.74, 6) is 0. The molecule has 0 fully saturated rings. The molecule has 0 bridgehead atoms. The lowest BCUT2D eigenvalue weighted by Crippen LogP contribution is -2.33. The minimum absolute atomic E-state index is 0.0600. The molecule has 7 nitrogen and oxygen atoms in total. The highest BCUT2D eigenvalue weighted by molar-refractivity contribution is 9.10. The van der Waals surface area contributed by atoms with Crippen molar-refractivity contribution in [1.29, 1.82) is 5.26 Å². The summed E-state index contributed by atoms with van der Waals surface area (Å²) in [5.41, 5.74) is 0.379. The Morgan fingerprint density at radius 1 is 1.30 bits per heavy atom.